The van der Waals surface area contributed by atoms with E-state index in [1.165, 1.54) is 6.92 Å². The van der Waals surface area contributed by atoms with E-state index in [1.54, 1.807) is 28.0 Å². The molecule has 3 aliphatic rings. The molecule has 1 aliphatic carbocycles. The van der Waals surface area contributed by atoms with Gasteiger partial charge in [-0.3, -0.25) is 24.0 Å². The number of nitrogens with one attached hydrogen (secondary N) is 1. The van der Waals surface area contributed by atoms with Gasteiger partial charge in [-0.25, -0.2) is 19.3 Å². The molecule has 45 heavy (non-hydrogen) atoms. The van der Waals surface area contributed by atoms with Gasteiger partial charge in [0.2, 0.25) is 11.8 Å². The molecule has 2 amide bonds. The van der Waals surface area contributed by atoms with Crippen molar-refractivity contribution < 1.29 is 18.8 Å². The lowest BCUT2D eigenvalue weighted by Crippen LogP contribution is -2.48. The molecule has 1 saturated carbocycles. The number of ketones is 1. The minimum Gasteiger partial charge on any atom is -0.325 e. The van der Waals surface area contributed by atoms with E-state index in [-0.39, 0.29) is 41.3 Å². The number of amides is 2. The van der Waals surface area contributed by atoms with Gasteiger partial charge in [0.15, 0.2) is 5.78 Å². The van der Waals surface area contributed by atoms with Gasteiger partial charge in [0.1, 0.15) is 40.7 Å². The maximum atomic E-state index is 14.0. The summed E-state index contributed by atoms with van der Waals surface area (Å²) in [4.78, 5) is 57.0. The summed E-state index contributed by atoms with van der Waals surface area (Å²) in [7, 11) is 0. The number of carbonyl (C=O) groups excluding carboxylic acids is 3. The van der Waals surface area contributed by atoms with Gasteiger partial charge in [-0.2, -0.15) is 5.10 Å². The lowest BCUT2D eigenvalue weighted by molar-refractivity contribution is -0.138. The van der Waals surface area contributed by atoms with E-state index in [1.807, 2.05) is 36.1 Å². The molecule has 7 rings (SSSR count). The van der Waals surface area contributed by atoms with Gasteiger partial charge in [-0.1, -0.05) is 19.1 Å². The third kappa shape index (κ3) is 5.52. The lowest BCUT2D eigenvalue weighted by atomic mass is 10.0. The van der Waals surface area contributed by atoms with Crippen LogP contribution in [0, 0.1) is 12.3 Å². The van der Waals surface area contributed by atoms with Crippen LogP contribution < -0.4 is 5.32 Å². The van der Waals surface area contributed by atoms with Crippen LogP contribution >= 0.6 is 15.9 Å². The van der Waals surface area contributed by atoms with Gasteiger partial charge in [0, 0.05) is 61.5 Å². The van der Waals surface area contributed by atoms with Crippen LogP contribution in [-0.2, 0) is 22.7 Å². The van der Waals surface area contributed by atoms with Gasteiger partial charge in [-0.15, -0.1) is 0 Å². The van der Waals surface area contributed by atoms with E-state index in [2.05, 4.69) is 48.2 Å². The Kier molecular flexibility index (Phi) is 7.27. The zero-order valence-corrected chi connectivity index (χ0v) is 26.7. The van der Waals surface area contributed by atoms with Crippen molar-refractivity contribution in [3.8, 4) is 11.1 Å². The highest BCUT2D eigenvalue weighted by Crippen LogP contribution is 2.59. The van der Waals surface area contributed by atoms with Crippen LogP contribution in [0.4, 0.5) is 10.2 Å². The van der Waals surface area contributed by atoms with Crippen LogP contribution in [0.25, 0.3) is 22.0 Å². The molecule has 5 heterocycles. The Balaban J connectivity index is 1.14. The Bertz CT molecular complexity index is 1860. The van der Waals surface area contributed by atoms with E-state index in [0.717, 1.165) is 23.1 Å². The molecule has 4 aromatic rings. The lowest BCUT2D eigenvalue weighted by Gasteiger charge is -2.34. The maximum Gasteiger partial charge on any atom is 0.248 e. The number of alkyl halides is 1. The standard InChI is InChI=1S/C32H32BrFN8O3/c1-17(43)29-23-8-19(21-11-35-18(2)36-12-21)4-6-24(23)41(39-29)16-28(44)42-25(9-32(3)10-26(32)42)31(45)38-30-20(5-7-27(33)37-30)13-40-14-22(34)15-40/h4-8,11-12,22,25-26H,9-10,13-16H2,1-3H3,(H,37,38,45)/t25-,26+,32-/m0/s1. The van der Waals surface area contributed by atoms with Crippen molar-refractivity contribution in [3.05, 3.63) is 64.4 Å². The highest BCUT2D eigenvalue weighted by atomic mass is 79.9. The summed E-state index contributed by atoms with van der Waals surface area (Å²) < 4.78 is 15.5. The van der Waals surface area contributed by atoms with E-state index in [9.17, 15) is 18.8 Å². The number of nitrogens with zero attached hydrogens (tertiary/aromatic N) is 7. The first-order chi connectivity index (χ1) is 21.5. The van der Waals surface area contributed by atoms with Gasteiger partial charge in [0.25, 0.3) is 0 Å². The van der Waals surface area contributed by atoms with E-state index in [4.69, 9.17) is 0 Å². The zero-order valence-electron chi connectivity index (χ0n) is 25.1. The molecule has 2 aliphatic heterocycles. The Hall–Kier alpha value is -4.10. The Morgan fingerprint density at radius 3 is 2.56 bits per heavy atom. The molecular formula is C32H32BrFN8O3. The SMILES string of the molecule is CC(=O)c1nn(CC(=O)N2[C@H](C(=O)Nc3nc(Br)ccc3CN3CC(F)C3)C[C@@]3(C)C[C@@H]23)c2ccc(-c3cnc(C)nc3)cc12. The number of pyridine rings is 1. The fourth-order valence-electron chi connectivity index (χ4n) is 6.63. The fourth-order valence-corrected chi connectivity index (χ4v) is 6.94. The predicted molar refractivity (Wildman–Crippen MR) is 168 cm³/mol. The average Bonchev–Trinajstić information content (AvgIpc) is 3.35. The monoisotopic (exact) mass is 674 g/mol. The molecule has 0 bridgehead atoms. The molecule has 3 fully saturated rings. The Labute approximate surface area is 267 Å². The number of aryl methyl sites for hydroxylation is 1. The number of benzene rings is 1. The predicted octanol–water partition coefficient (Wildman–Crippen LogP) is 4.33. The first kappa shape index (κ1) is 29.6. The Morgan fingerprint density at radius 2 is 1.84 bits per heavy atom. The van der Waals surface area contributed by atoms with E-state index >= 15 is 0 Å². The molecule has 0 spiro atoms. The second-order valence-electron chi connectivity index (χ2n) is 12.6. The number of anilines is 1. The summed E-state index contributed by atoms with van der Waals surface area (Å²) in [5.74, 6) is 0.291. The summed E-state index contributed by atoms with van der Waals surface area (Å²) in [5, 5.41) is 8.15. The molecule has 0 unspecified atom stereocenters. The number of likely N-dealkylation sites (tertiary alicyclic amines) is 2. The second kappa shape index (κ2) is 11.1. The number of fused-ring (bicyclic) bond motifs is 2. The normalized spacial score (nSPS) is 22.7. The van der Waals surface area contributed by atoms with Crippen molar-refractivity contribution in [1.82, 2.24) is 34.5 Å². The van der Waals surface area contributed by atoms with Crippen LogP contribution in [0.1, 0.15) is 48.6 Å². The number of aromatic nitrogens is 5. The van der Waals surface area contributed by atoms with E-state index < -0.39 is 12.2 Å². The Morgan fingerprint density at radius 1 is 1.09 bits per heavy atom. The van der Waals surface area contributed by atoms with Crippen LogP contribution in [-0.4, -0.2) is 83.5 Å². The molecule has 3 aromatic heterocycles. The largest absolute Gasteiger partial charge is 0.325 e. The molecular weight excluding hydrogens is 643 g/mol. The molecule has 232 valence electrons. The summed E-state index contributed by atoms with van der Waals surface area (Å²) in [5.41, 5.74) is 3.20. The maximum absolute atomic E-state index is 14.0. The molecule has 1 aromatic carbocycles. The minimum absolute atomic E-state index is 0.0551. The van der Waals surface area contributed by atoms with Crippen molar-refractivity contribution in [2.75, 3.05) is 18.4 Å². The van der Waals surface area contributed by atoms with Crippen molar-refractivity contribution in [3.63, 3.8) is 0 Å². The average molecular weight is 676 g/mol. The number of hydrogen-bond acceptors (Lipinski definition) is 8. The van der Waals surface area contributed by atoms with Crippen LogP contribution in [0.15, 0.2) is 47.3 Å². The number of hydrogen-bond donors (Lipinski definition) is 1. The number of Topliss-reactive ketones (excluding diaryl/α,β-unsaturated/α-hetero) is 1. The van der Waals surface area contributed by atoms with Gasteiger partial charge in [0.05, 0.1) is 5.52 Å². The van der Waals surface area contributed by atoms with Crippen LogP contribution in [0.2, 0.25) is 0 Å². The molecule has 1 N–H and O–H groups in total. The van der Waals surface area contributed by atoms with E-state index in [0.29, 0.717) is 53.2 Å². The minimum atomic E-state index is -0.833. The summed E-state index contributed by atoms with van der Waals surface area (Å²) in [6.07, 6.45) is 3.98. The highest BCUT2D eigenvalue weighted by Gasteiger charge is 2.64. The highest BCUT2D eigenvalue weighted by molar-refractivity contribution is 9.10. The third-order valence-corrected chi connectivity index (χ3v) is 9.64. The fraction of sp³-hybridized carbons (Fsp3) is 0.406. The topological polar surface area (TPSA) is 126 Å². The molecule has 3 atom stereocenters. The van der Waals surface area contributed by atoms with Gasteiger partial charge < -0.3 is 10.2 Å². The smallest absolute Gasteiger partial charge is 0.248 e. The van der Waals surface area contributed by atoms with Gasteiger partial charge >= 0.3 is 0 Å². The zero-order chi connectivity index (χ0) is 31.6. The van der Waals surface area contributed by atoms with Crippen molar-refractivity contribution >= 4 is 50.2 Å². The number of piperidine rings is 1. The number of halogens is 2. The van der Waals surface area contributed by atoms with Crippen LogP contribution in [0.3, 0.4) is 0 Å². The van der Waals surface area contributed by atoms with Crippen LogP contribution in [0.5, 0.6) is 0 Å². The molecule has 2 saturated heterocycles. The van der Waals surface area contributed by atoms with Gasteiger partial charge in [-0.05, 0) is 64.9 Å². The first-order valence-electron chi connectivity index (χ1n) is 14.9. The number of carbonyl (C=O) groups is 3. The molecule has 13 heteroatoms. The van der Waals surface area contributed by atoms with Crippen molar-refractivity contribution in [2.45, 2.75) is 65.0 Å². The second-order valence-corrected chi connectivity index (χ2v) is 13.4. The number of rotatable bonds is 8. The van der Waals surface area contributed by atoms with Crippen molar-refractivity contribution in [1.29, 1.82) is 0 Å². The molecule has 0 radical (unpaired) electrons. The summed E-state index contributed by atoms with van der Waals surface area (Å²) in [6, 6.07) is 8.52. The summed E-state index contributed by atoms with van der Waals surface area (Å²) >= 11 is 3.39. The third-order valence-electron chi connectivity index (χ3n) is 9.20. The quantitative estimate of drug-likeness (QED) is 0.216. The summed E-state index contributed by atoms with van der Waals surface area (Å²) in [6.45, 7) is 6.41. The van der Waals surface area contributed by atoms with Crippen molar-refractivity contribution in [2.24, 2.45) is 5.41 Å². The molecule has 11 nitrogen and oxygen atoms in total. The first-order valence-corrected chi connectivity index (χ1v) is 15.7.